The molecule has 0 radical (unpaired) electrons. The Balaban J connectivity index is 1.80. The molecule has 1 unspecified atom stereocenters. The maximum Gasteiger partial charge on any atom is 0.160 e. The molecular formula is C19H23FO2. The van der Waals surface area contributed by atoms with E-state index < -0.39 is 0 Å². The van der Waals surface area contributed by atoms with Crippen molar-refractivity contribution in [3.8, 4) is 11.5 Å². The van der Waals surface area contributed by atoms with E-state index in [1.165, 1.54) is 23.3 Å². The van der Waals surface area contributed by atoms with Crippen LogP contribution < -0.4 is 4.74 Å². The van der Waals surface area contributed by atoms with Gasteiger partial charge < -0.3 is 9.84 Å². The maximum atomic E-state index is 12.9. The highest BCUT2D eigenvalue weighted by Crippen LogP contribution is 2.27. The fourth-order valence-electron chi connectivity index (χ4n) is 2.50. The Morgan fingerprint density at radius 1 is 1.00 bits per heavy atom. The van der Waals surface area contributed by atoms with Gasteiger partial charge in [-0.15, -0.1) is 0 Å². The van der Waals surface area contributed by atoms with Crippen molar-refractivity contribution in [3.05, 3.63) is 59.4 Å². The standard InChI is InChI=1S/C19H23FO2/c1-14(3-5-15-7-10-17(20)11-8-15)4-6-16-9-12-18(21)19(13-16)22-2/h7-14,21H,3-6H2,1-2H3. The van der Waals surface area contributed by atoms with Gasteiger partial charge in [0.15, 0.2) is 11.5 Å². The number of ether oxygens (including phenoxy) is 1. The van der Waals surface area contributed by atoms with Crippen LogP contribution in [-0.2, 0) is 12.8 Å². The zero-order valence-electron chi connectivity index (χ0n) is 13.2. The predicted octanol–water partition coefficient (Wildman–Crippen LogP) is 4.74. The monoisotopic (exact) mass is 302 g/mol. The summed E-state index contributed by atoms with van der Waals surface area (Å²) in [5, 5.41) is 9.59. The Bertz CT molecular complexity index is 593. The number of aryl methyl sites for hydroxylation is 2. The molecule has 2 nitrogen and oxygen atoms in total. The van der Waals surface area contributed by atoms with Crippen LogP contribution in [0.4, 0.5) is 4.39 Å². The quantitative estimate of drug-likeness (QED) is 0.800. The van der Waals surface area contributed by atoms with Crippen LogP contribution in [0.2, 0.25) is 0 Å². The van der Waals surface area contributed by atoms with Gasteiger partial charge in [-0.05, 0) is 67.0 Å². The second kappa shape index (κ2) is 7.83. The van der Waals surface area contributed by atoms with Crippen LogP contribution in [0.25, 0.3) is 0 Å². The third-order valence-electron chi connectivity index (χ3n) is 4.01. The smallest absolute Gasteiger partial charge is 0.160 e. The van der Waals surface area contributed by atoms with Gasteiger partial charge in [0.2, 0.25) is 0 Å². The summed E-state index contributed by atoms with van der Waals surface area (Å²) in [6.07, 6.45) is 4.09. The summed E-state index contributed by atoms with van der Waals surface area (Å²) in [4.78, 5) is 0. The third-order valence-corrected chi connectivity index (χ3v) is 4.01. The molecule has 22 heavy (non-hydrogen) atoms. The molecule has 0 aliphatic heterocycles. The van der Waals surface area contributed by atoms with Crippen LogP contribution in [0.5, 0.6) is 11.5 Å². The Hall–Kier alpha value is -2.03. The van der Waals surface area contributed by atoms with Crippen molar-refractivity contribution in [1.29, 1.82) is 0 Å². The highest BCUT2D eigenvalue weighted by atomic mass is 19.1. The van der Waals surface area contributed by atoms with E-state index in [9.17, 15) is 9.50 Å². The molecular weight excluding hydrogens is 279 g/mol. The molecule has 0 fully saturated rings. The molecule has 0 amide bonds. The first-order valence-electron chi connectivity index (χ1n) is 7.69. The summed E-state index contributed by atoms with van der Waals surface area (Å²) >= 11 is 0. The molecule has 3 heteroatoms. The Morgan fingerprint density at radius 3 is 2.23 bits per heavy atom. The van der Waals surface area contributed by atoms with E-state index in [4.69, 9.17) is 4.74 Å². The molecule has 0 bridgehead atoms. The zero-order chi connectivity index (χ0) is 15.9. The number of aromatic hydroxyl groups is 1. The lowest BCUT2D eigenvalue weighted by Crippen LogP contribution is -2.00. The van der Waals surface area contributed by atoms with E-state index in [1.54, 1.807) is 13.2 Å². The number of halogens is 1. The minimum absolute atomic E-state index is 0.176. The van der Waals surface area contributed by atoms with Crippen LogP contribution >= 0.6 is 0 Å². The highest BCUT2D eigenvalue weighted by molar-refractivity contribution is 5.41. The van der Waals surface area contributed by atoms with Crippen LogP contribution in [0, 0.1) is 11.7 Å². The Kier molecular flexibility index (Phi) is 5.82. The average molecular weight is 302 g/mol. The molecule has 0 aliphatic carbocycles. The van der Waals surface area contributed by atoms with Crippen molar-refractivity contribution in [2.45, 2.75) is 32.6 Å². The van der Waals surface area contributed by atoms with Gasteiger partial charge >= 0.3 is 0 Å². The molecule has 1 N–H and O–H groups in total. The maximum absolute atomic E-state index is 12.9. The average Bonchev–Trinajstić information content (AvgIpc) is 2.53. The number of hydrogen-bond donors (Lipinski definition) is 1. The second-order valence-electron chi connectivity index (χ2n) is 5.82. The minimum Gasteiger partial charge on any atom is -0.504 e. The number of methoxy groups -OCH3 is 1. The third kappa shape index (κ3) is 4.76. The van der Waals surface area contributed by atoms with Crippen molar-refractivity contribution >= 4 is 0 Å². The Morgan fingerprint density at radius 2 is 1.59 bits per heavy atom. The van der Waals surface area contributed by atoms with Crippen LogP contribution in [0.3, 0.4) is 0 Å². The first kappa shape index (κ1) is 16.3. The second-order valence-corrected chi connectivity index (χ2v) is 5.82. The van der Waals surface area contributed by atoms with E-state index in [1.807, 2.05) is 24.3 Å². The summed E-state index contributed by atoms with van der Waals surface area (Å²) in [7, 11) is 1.56. The summed E-state index contributed by atoms with van der Waals surface area (Å²) < 4.78 is 18.0. The van der Waals surface area contributed by atoms with Crippen LogP contribution in [0.1, 0.15) is 30.9 Å². The molecule has 0 heterocycles. The van der Waals surface area contributed by atoms with E-state index in [0.717, 1.165) is 25.7 Å². The topological polar surface area (TPSA) is 29.5 Å². The van der Waals surface area contributed by atoms with Gasteiger partial charge in [0, 0.05) is 0 Å². The van der Waals surface area contributed by atoms with E-state index in [2.05, 4.69) is 6.92 Å². The molecule has 2 rings (SSSR count). The largest absolute Gasteiger partial charge is 0.504 e. The van der Waals surface area contributed by atoms with Crippen molar-refractivity contribution in [2.75, 3.05) is 7.11 Å². The lowest BCUT2D eigenvalue weighted by Gasteiger charge is -2.12. The molecule has 2 aromatic carbocycles. The number of phenols is 1. The minimum atomic E-state index is -0.182. The molecule has 0 spiro atoms. The van der Waals surface area contributed by atoms with Gasteiger partial charge in [0.25, 0.3) is 0 Å². The highest BCUT2D eigenvalue weighted by Gasteiger charge is 2.07. The van der Waals surface area contributed by atoms with E-state index in [-0.39, 0.29) is 11.6 Å². The molecule has 0 aliphatic rings. The van der Waals surface area contributed by atoms with E-state index >= 15 is 0 Å². The van der Waals surface area contributed by atoms with Crippen molar-refractivity contribution in [3.63, 3.8) is 0 Å². The number of benzene rings is 2. The predicted molar refractivity (Wildman–Crippen MR) is 86.9 cm³/mol. The summed E-state index contributed by atoms with van der Waals surface area (Å²) in [6, 6.07) is 12.2. The summed E-state index contributed by atoms with van der Waals surface area (Å²) in [5.41, 5.74) is 2.35. The molecule has 118 valence electrons. The van der Waals surface area contributed by atoms with Gasteiger partial charge in [0.05, 0.1) is 7.11 Å². The lowest BCUT2D eigenvalue weighted by atomic mass is 9.95. The molecule has 2 aromatic rings. The molecule has 1 atom stereocenters. The molecule has 0 saturated heterocycles. The first-order valence-corrected chi connectivity index (χ1v) is 7.69. The summed E-state index contributed by atoms with van der Waals surface area (Å²) in [5.74, 6) is 1.11. The van der Waals surface area contributed by atoms with Gasteiger partial charge in [0.1, 0.15) is 5.82 Å². The zero-order valence-corrected chi connectivity index (χ0v) is 13.2. The van der Waals surface area contributed by atoms with Gasteiger partial charge in [-0.2, -0.15) is 0 Å². The Labute approximate surface area is 131 Å². The van der Waals surface area contributed by atoms with Crippen LogP contribution in [0.15, 0.2) is 42.5 Å². The summed E-state index contributed by atoms with van der Waals surface area (Å²) in [6.45, 7) is 2.24. The fourth-order valence-corrected chi connectivity index (χ4v) is 2.50. The van der Waals surface area contributed by atoms with Gasteiger partial charge in [-0.25, -0.2) is 4.39 Å². The number of hydrogen-bond acceptors (Lipinski definition) is 2. The normalized spacial score (nSPS) is 12.1. The van der Waals surface area contributed by atoms with E-state index in [0.29, 0.717) is 11.7 Å². The molecule has 0 saturated carbocycles. The number of phenolic OH excluding ortho intramolecular Hbond substituents is 1. The first-order chi connectivity index (χ1) is 10.6. The van der Waals surface area contributed by atoms with Gasteiger partial charge in [-0.3, -0.25) is 0 Å². The van der Waals surface area contributed by atoms with Crippen molar-refractivity contribution in [1.82, 2.24) is 0 Å². The molecule has 0 aromatic heterocycles. The SMILES string of the molecule is COc1cc(CCC(C)CCc2ccc(F)cc2)ccc1O. The van der Waals surface area contributed by atoms with Crippen molar-refractivity contribution in [2.24, 2.45) is 5.92 Å². The lowest BCUT2D eigenvalue weighted by molar-refractivity contribution is 0.372. The van der Waals surface area contributed by atoms with Gasteiger partial charge in [-0.1, -0.05) is 25.1 Å². The van der Waals surface area contributed by atoms with Crippen LogP contribution in [-0.4, -0.2) is 12.2 Å². The van der Waals surface area contributed by atoms with Crippen molar-refractivity contribution < 1.29 is 14.2 Å². The fraction of sp³-hybridized carbons (Fsp3) is 0.368. The number of rotatable bonds is 7.